The zero-order chi connectivity index (χ0) is 17.2. The molecule has 0 aromatic rings. The van der Waals surface area contributed by atoms with Gasteiger partial charge in [0.1, 0.15) is 6.10 Å². The highest BCUT2D eigenvalue weighted by atomic mass is 16.7. The van der Waals surface area contributed by atoms with Gasteiger partial charge in [0.25, 0.3) is 0 Å². The summed E-state index contributed by atoms with van der Waals surface area (Å²) in [6, 6.07) is 0. The zero-order valence-corrected chi connectivity index (χ0v) is 13.7. The van der Waals surface area contributed by atoms with Crippen molar-refractivity contribution in [1.29, 1.82) is 0 Å². The van der Waals surface area contributed by atoms with Crippen LogP contribution in [0.15, 0.2) is 22.8 Å². The third-order valence-electron chi connectivity index (χ3n) is 6.64. The summed E-state index contributed by atoms with van der Waals surface area (Å²) < 4.78 is 34.4. The maximum absolute atomic E-state index is 13.1. The van der Waals surface area contributed by atoms with Gasteiger partial charge in [-0.15, -0.1) is 0 Å². The lowest BCUT2D eigenvalue weighted by atomic mass is 9.59. The van der Waals surface area contributed by atoms with E-state index in [1.54, 1.807) is 0 Å². The van der Waals surface area contributed by atoms with E-state index in [2.05, 4.69) is 0 Å². The van der Waals surface area contributed by atoms with Gasteiger partial charge in [-0.05, 0) is 11.6 Å². The third-order valence-corrected chi connectivity index (χ3v) is 6.64. The smallest absolute Gasteiger partial charge is 0.222 e. The van der Waals surface area contributed by atoms with Crippen LogP contribution in [0.3, 0.4) is 0 Å². The largest absolute Gasteiger partial charge is 0.345 e. The van der Waals surface area contributed by atoms with Gasteiger partial charge in [0.15, 0.2) is 12.1 Å². The van der Waals surface area contributed by atoms with E-state index < -0.39 is 24.8 Å². The van der Waals surface area contributed by atoms with Crippen molar-refractivity contribution in [2.24, 2.45) is 17.8 Å². The second-order valence-corrected chi connectivity index (χ2v) is 7.81. The molecule has 5 saturated heterocycles. The quantitative estimate of drug-likeness (QED) is 0.570. The van der Waals surface area contributed by atoms with E-state index in [9.17, 15) is 9.59 Å². The third kappa shape index (κ3) is 1.58. The Balaban J connectivity index is 1.51. The van der Waals surface area contributed by atoms with Crippen LogP contribution < -0.4 is 0 Å². The monoisotopic (exact) mass is 360 g/mol. The molecule has 5 fully saturated rings. The van der Waals surface area contributed by atoms with Gasteiger partial charge < -0.3 is 28.4 Å². The van der Waals surface area contributed by atoms with Gasteiger partial charge >= 0.3 is 0 Å². The first-order valence-corrected chi connectivity index (χ1v) is 9.06. The minimum Gasteiger partial charge on any atom is -0.345 e. The molecule has 0 radical (unpaired) electrons. The molecule has 0 amide bonds. The Kier molecular flexibility index (Phi) is 2.64. The second-order valence-electron chi connectivity index (χ2n) is 7.81. The minimum atomic E-state index is -0.890. The molecule has 6 aliphatic heterocycles. The van der Waals surface area contributed by atoms with E-state index in [0.29, 0.717) is 25.4 Å². The summed E-state index contributed by atoms with van der Waals surface area (Å²) in [7, 11) is 0. The van der Waals surface area contributed by atoms with Crippen molar-refractivity contribution in [3.63, 3.8) is 0 Å². The van der Waals surface area contributed by atoms with Gasteiger partial charge in [0.05, 0.1) is 32.0 Å². The summed E-state index contributed by atoms with van der Waals surface area (Å²) in [4.78, 5) is 26.2. The number of rotatable bonds is 0. The van der Waals surface area contributed by atoms with Crippen LogP contribution in [0.4, 0.5) is 0 Å². The molecule has 8 heteroatoms. The van der Waals surface area contributed by atoms with E-state index in [1.807, 2.05) is 6.08 Å². The highest BCUT2D eigenvalue weighted by molar-refractivity contribution is 6.03. The highest BCUT2D eigenvalue weighted by Crippen LogP contribution is 2.56. The van der Waals surface area contributed by atoms with Gasteiger partial charge in [0, 0.05) is 28.9 Å². The maximum Gasteiger partial charge on any atom is 0.222 e. The molecule has 6 heterocycles. The second kappa shape index (κ2) is 4.70. The predicted molar refractivity (Wildman–Crippen MR) is 79.4 cm³/mol. The molecule has 0 N–H and O–H groups in total. The fraction of sp³-hybridized carbons (Fsp3) is 0.667. The van der Waals surface area contributed by atoms with Crippen LogP contribution in [0.2, 0.25) is 0 Å². The van der Waals surface area contributed by atoms with Crippen molar-refractivity contribution in [1.82, 2.24) is 0 Å². The number of ketones is 2. The molecule has 0 saturated carbocycles. The van der Waals surface area contributed by atoms with Crippen molar-refractivity contribution >= 4 is 11.6 Å². The molecular weight excluding hydrogens is 344 g/mol. The van der Waals surface area contributed by atoms with Gasteiger partial charge in [-0.25, -0.2) is 0 Å². The van der Waals surface area contributed by atoms with Crippen LogP contribution in [0.5, 0.6) is 0 Å². The molecule has 9 unspecified atom stereocenters. The number of ether oxygens (including phenoxy) is 6. The predicted octanol–water partition coefficient (Wildman–Crippen LogP) is -0.525. The molecule has 8 nitrogen and oxygen atoms in total. The molecule has 26 heavy (non-hydrogen) atoms. The highest BCUT2D eigenvalue weighted by Gasteiger charge is 2.64. The van der Waals surface area contributed by atoms with Crippen molar-refractivity contribution in [2.45, 2.75) is 37.2 Å². The topological polar surface area (TPSA) is 89.5 Å². The summed E-state index contributed by atoms with van der Waals surface area (Å²) in [5.41, 5.74) is 2.31. The molecule has 0 spiro atoms. The molecule has 7 rings (SSSR count). The van der Waals surface area contributed by atoms with Crippen LogP contribution in [0.25, 0.3) is 0 Å². The van der Waals surface area contributed by atoms with Crippen molar-refractivity contribution < 1.29 is 38.0 Å². The molecule has 9 atom stereocenters. The SMILES string of the molecule is O=C1C2=C3C(=CC4COC3O4)C3C4COC(O4)C(=O)C3C2C2COC1O2. The Hall–Kier alpha value is -1.42. The van der Waals surface area contributed by atoms with Gasteiger partial charge in [-0.1, -0.05) is 0 Å². The number of fused-ring (bicyclic) bond motifs is 14. The molecule has 1 aliphatic carbocycles. The number of hydrogen-bond donors (Lipinski definition) is 0. The average molecular weight is 360 g/mol. The maximum atomic E-state index is 13.1. The first-order valence-electron chi connectivity index (χ1n) is 9.06. The first-order chi connectivity index (χ1) is 12.7. The van der Waals surface area contributed by atoms with Crippen LogP contribution in [0, 0.1) is 17.8 Å². The fourth-order valence-electron chi connectivity index (χ4n) is 5.72. The number of carbonyl (C=O) groups excluding carboxylic acids is 2. The lowest BCUT2D eigenvalue weighted by Gasteiger charge is -2.49. The molecule has 0 aromatic heterocycles. The van der Waals surface area contributed by atoms with Gasteiger partial charge in [-0.3, -0.25) is 9.59 Å². The van der Waals surface area contributed by atoms with Crippen LogP contribution in [0.1, 0.15) is 0 Å². The Labute approximate surface area is 148 Å². The van der Waals surface area contributed by atoms with Gasteiger partial charge in [-0.2, -0.15) is 0 Å². The molecule has 136 valence electrons. The Morgan fingerprint density at radius 2 is 1.46 bits per heavy atom. The minimum absolute atomic E-state index is 0.104. The van der Waals surface area contributed by atoms with Crippen molar-refractivity contribution in [3.8, 4) is 0 Å². The molecule has 0 aromatic carbocycles. The summed E-state index contributed by atoms with van der Waals surface area (Å²) >= 11 is 0. The van der Waals surface area contributed by atoms with E-state index in [1.165, 1.54) is 0 Å². The normalized spacial score (nSPS) is 53.4. The van der Waals surface area contributed by atoms with Crippen LogP contribution >= 0.6 is 0 Å². The van der Waals surface area contributed by atoms with E-state index >= 15 is 0 Å². The molecule has 7 aliphatic rings. The average Bonchev–Trinajstić information content (AvgIpc) is 3.35. The van der Waals surface area contributed by atoms with Crippen molar-refractivity contribution in [2.75, 3.05) is 19.8 Å². The zero-order valence-electron chi connectivity index (χ0n) is 13.7. The Bertz CT molecular complexity index is 814. The number of carbonyl (C=O) groups is 2. The lowest BCUT2D eigenvalue weighted by molar-refractivity contribution is -0.175. The Morgan fingerprint density at radius 3 is 2.35 bits per heavy atom. The van der Waals surface area contributed by atoms with Gasteiger partial charge in [0.2, 0.25) is 18.4 Å². The van der Waals surface area contributed by atoms with Crippen LogP contribution in [-0.4, -0.2) is 68.6 Å². The standard InChI is InChI=1S/C18H16O8/c19-14-12-9(7-3-22-17(14)25-7)6-1-5-2-21-16(24-5)10(6)13-11(12)8-4-23-18(26-8)15(13)20/h1,5,7-9,11-12,16-18H,2-4H2. The molecular formula is C18H16O8. The fourth-order valence-corrected chi connectivity index (χ4v) is 5.72. The lowest BCUT2D eigenvalue weighted by Crippen LogP contribution is -2.57. The van der Waals surface area contributed by atoms with E-state index in [4.69, 9.17) is 28.4 Å². The summed E-state index contributed by atoms with van der Waals surface area (Å²) in [6.45, 7) is 1.12. The first kappa shape index (κ1) is 14.6. The summed E-state index contributed by atoms with van der Waals surface area (Å²) in [5.74, 6) is -1.26. The summed E-state index contributed by atoms with van der Waals surface area (Å²) in [5, 5.41) is 0. The van der Waals surface area contributed by atoms with E-state index in [0.717, 1.165) is 11.1 Å². The number of hydrogen-bond acceptors (Lipinski definition) is 8. The van der Waals surface area contributed by atoms with Crippen LogP contribution in [-0.2, 0) is 38.0 Å². The number of Topliss-reactive ketones (excluding diaryl/α,β-unsaturated/α-hetero) is 2. The van der Waals surface area contributed by atoms with E-state index in [-0.39, 0.29) is 41.7 Å². The molecule has 6 bridgehead atoms. The van der Waals surface area contributed by atoms with Crippen molar-refractivity contribution in [3.05, 3.63) is 22.8 Å². The summed E-state index contributed by atoms with van der Waals surface area (Å²) in [6.07, 6.45) is -0.996. The Morgan fingerprint density at radius 1 is 0.731 bits per heavy atom.